The number of hydrogen-bond acceptors (Lipinski definition) is 5. The normalized spacial score (nSPS) is 16.3. The van der Waals surface area contributed by atoms with Crippen molar-refractivity contribution < 1.29 is 28.2 Å². The van der Waals surface area contributed by atoms with Crippen LogP contribution in [0.15, 0.2) is 48.5 Å². The van der Waals surface area contributed by atoms with Gasteiger partial charge in [0.25, 0.3) is 11.8 Å². The maximum absolute atomic E-state index is 13.5. The van der Waals surface area contributed by atoms with Crippen molar-refractivity contribution in [2.24, 2.45) is 0 Å². The predicted octanol–water partition coefficient (Wildman–Crippen LogP) is 1.58. The van der Waals surface area contributed by atoms with E-state index < -0.39 is 29.8 Å². The maximum Gasteiger partial charge on any atom is 0.283 e. The number of benzene rings is 2. The van der Waals surface area contributed by atoms with Gasteiger partial charge in [0.05, 0.1) is 0 Å². The van der Waals surface area contributed by atoms with Crippen molar-refractivity contribution in [3.05, 3.63) is 54.3 Å². The van der Waals surface area contributed by atoms with Crippen LogP contribution in [-0.4, -0.2) is 30.6 Å². The molecule has 0 bridgehead atoms. The average Bonchev–Trinajstić information content (AvgIpc) is 2.67. The number of fused-ring (bicyclic) bond motifs is 1. The largest absolute Gasteiger partial charge is 0.485 e. The minimum atomic E-state index is -1.02. The van der Waals surface area contributed by atoms with Gasteiger partial charge < -0.3 is 14.2 Å². The summed E-state index contributed by atoms with van der Waals surface area (Å²) < 4.78 is 29.7. The van der Waals surface area contributed by atoms with Crippen molar-refractivity contribution in [1.82, 2.24) is 10.9 Å². The third kappa shape index (κ3) is 4.02. The number of amides is 2. The van der Waals surface area contributed by atoms with Gasteiger partial charge >= 0.3 is 0 Å². The summed E-state index contributed by atoms with van der Waals surface area (Å²) in [6.45, 7) is 1.45. The first-order chi connectivity index (χ1) is 12.5. The molecule has 1 heterocycles. The van der Waals surface area contributed by atoms with Crippen molar-refractivity contribution in [3.63, 3.8) is 0 Å². The predicted molar refractivity (Wildman–Crippen MR) is 89.1 cm³/mol. The van der Waals surface area contributed by atoms with Gasteiger partial charge in [0.15, 0.2) is 29.2 Å². The van der Waals surface area contributed by atoms with Crippen molar-refractivity contribution in [2.45, 2.75) is 19.1 Å². The molecular formula is C18H17FN2O5. The van der Waals surface area contributed by atoms with Crippen LogP contribution in [0.5, 0.6) is 17.2 Å². The van der Waals surface area contributed by atoms with E-state index in [9.17, 15) is 14.0 Å². The van der Waals surface area contributed by atoms with E-state index in [2.05, 4.69) is 10.9 Å². The van der Waals surface area contributed by atoms with Crippen LogP contribution in [0.3, 0.4) is 0 Å². The van der Waals surface area contributed by atoms with Gasteiger partial charge in [-0.05, 0) is 31.2 Å². The van der Waals surface area contributed by atoms with Crippen LogP contribution >= 0.6 is 0 Å². The maximum atomic E-state index is 13.5. The zero-order chi connectivity index (χ0) is 18.5. The van der Waals surface area contributed by atoms with Crippen molar-refractivity contribution in [1.29, 1.82) is 0 Å². The minimum absolute atomic E-state index is 0.0139. The van der Waals surface area contributed by atoms with E-state index >= 15 is 0 Å². The first kappa shape index (κ1) is 17.5. The molecule has 1 aliphatic heterocycles. The Hall–Kier alpha value is -3.29. The van der Waals surface area contributed by atoms with Crippen LogP contribution in [0.4, 0.5) is 4.39 Å². The van der Waals surface area contributed by atoms with Crippen LogP contribution in [-0.2, 0) is 9.59 Å². The lowest BCUT2D eigenvalue weighted by Crippen LogP contribution is -2.53. The lowest BCUT2D eigenvalue weighted by molar-refractivity contribution is -0.137. The molecule has 0 radical (unpaired) electrons. The lowest BCUT2D eigenvalue weighted by atomic mass is 10.2. The summed E-state index contributed by atoms with van der Waals surface area (Å²) in [5, 5.41) is 0. The number of rotatable bonds is 4. The molecule has 1 aliphatic rings. The molecule has 136 valence electrons. The zero-order valence-electron chi connectivity index (χ0n) is 13.9. The van der Waals surface area contributed by atoms with E-state index in [1.54, 1.807) is 30.3 Å². The highest BCUT2D eigenvalue weighted by molar-refractivity contribution is 5.86. The number of halogens is 1. The first-order valence-corrected chi connectivity index (χ1v) is 7.94. The second-order valence-corrected chi connectivity index (χ2v) is 5.53. The van der Waals surface area contributed by atoms with E-state index in [0.717, 1.165) is 0 Å². The van der Waals surface area contributed by atoms with Crippen LogP contribution in [0.2, 0.25) is 0 Å². The second kappa shape index (κ2) is 7.73. The van der Waals surface area contributed by atoms with Crippen LogP contribution in [0.25, 0.3) is 0 Å². The Kier molecular flexibility index (Phi) is 5.21. The minimum Gasteiger partial charge on any atom is -0.485 e. The quantitative estimate of drug-likeness (QED) is 0.809. The van der Waals surface area contributed by atoms with Gasteiger partial charge in [-0.25, -0.2) is 4.39 Å². The number of carbonyl (C=O) groups is 2. The molecule has 0 saturated heterocycles. The second-order valence-electron chi connectivity index (χ2n) is 5.53. The number of hydrogen-bond donors (Lipinski definition) is 2. The molecule has 0 aliphatic carbocycles. The Bertz CT molecular complexity index is 814. The van der Waals surface area contributed by atoms with E-state index in [1.165, 1.54) is 25.1 Å². The summed E-state index contributed by atoms with van der Waals surface area (Å²) in [6.07, 6.45) is -1.93. The van der Waals surface area contributed by atoms with Crippen LogP contribution in [0, 0.1) is 5.82 Å². The Balaban J connectivity index is 1.50. The van der Waals surface area contributed by atoms with E-state index in [1.807, 2.05) is 0 Å². The SMILES string of the molecule is C[C@H](Oc1ccccc1F)C(=O)NNC(=O)[C@@H]1COc2ccccc2O1. The molecular weight excluding hydrogens is 343 g/mol. The van der Waals surface area contributed by atoms with Gasteiger partial charge in [-0.3, -0.25) is 20.4 Å². The third-order valence-electron chi connectivity index (χ3n) is 3.62. The Morgan fingerprint density at radius 2 is 1.81 bits per heavy atom. The van der Waals surface area contributed by atoms with E-state index in [0.29, 0.717) is 11.5 Å². The number of ether oxygens (including phenoxy) is 3. The van der Waals surface area contributed by atoms with Gasteiger partial charge in [-0.15, -0.1) is 0 Å². The fourth-order valence-corrected chi connectivity index (χ4v) is 2.24. The Labute approximate surface area is 149 Å². The zero-order valence-corrected chi connectivity index (χ0v) is 13.9. The number of hydrazine groups is 1. The summed E-state index contributed by atoms with van der Waals surface area (Å²) in [4.78, 5) is 24.1. The summed E-state index contributed by atoms with van der Waals surface area (Å²) in [5.41, 5.74) is 4.47. The molecule has 2 aromatic carbocycles. The van der Waals surface area contributed by atoms with Gasteiger partial charge in [0.1, 0.15) is 6.61 Å². The molecule has 8 heteroatoms. The number of para-hydroxylation sites is 3. The number of carbonyl (C=O) groups excluding carboxylic acids is 2. The van der Waals surface area contributed by atoms with Crippen LogP contribution < -0.4 is 25.1 Å². The first-order valence-electron chi connectivity index (χ1n) is 7.94. The van der Waals surface area contributed by atoms with Crippen molar-refractivity contribution >= 4 is 11.8 Å². The highest BCUT2D eigenvalue weighted by atomic mass is 19.1. The molecule has 0 fully saturated rings. The molecule has 26 heavy (non-hydrogen) atoms. The Morgan fingerprint density at radius 3 is 2.58 bits per heavy atom. The van der Waals surface area contributed by atoms with Gasteiger partial charge in [-0.1, -0.05) is 24.3 Å². The van der Waals surface area contributed by atoms with Crippen molar-refractivity contribution in [2.75, 3.05) is 6.61 Å². The molecule has 2 atom stereocenters. The highest BCUT2D eigenvalue weighted by Crippen LogP contribution is 2.30. The molecule has 2 amide bonds. The van der Waals surface area contributed by atoms with Gasteiger partial charge in [-0.2, -0.15) is 0 Å². The molecule has 0 spiro atoms. The van der Waals surface area contributed by atoms with E-state index in [4.69, 9.17) is 14.2 Å². The van der Waals surface area contributed by atoms with Crippen LogP contribution in [0.1, 0.15) is 6.92 Å². The summed E-state index contributed by atoms with van der Waals surface area (Å²) in [5.74, 6) is -0.858. The summed E-state index contributed by atoms with van der Waals surface area (Å²) >= 11 is 0. The van der Waals surface area contributed by atoms with Crippen molar-refractivity contribution in [3.8, 4) is 17.2 Å². The fraction of sp³-hybridized carbons (Fsp3) is 0.222. The standard InChI is InChI=1S/C18H17FN2O5/c1-11(25-13-7-3-2-6-12(13)19)17(22)20-21-18(23)16-10-24-14-8-4-5-9-15(14)26-16/h2-9,11,16H,10H2,1H3,(H,20,22)(H,21,23)/t11-,16-/m0/s1. The third-order valence-corrected chi connectivity index (χ3v) is 3.62. The topological polar surface area (TPSA) is 85.9 Å². The number of nitrogens with one attached hydrogen (secondary N) is 2. The molecule has 2 N–H and O–H groups in total. The lowest BCUT2D eigenvalue weighted by Gasteiger charge is -2.25. The molecule has 0 unspecified atom stereocenters. The van der Waals surface area contributed by atoms with Gasteiger partial charge in [0, 0.05) is 0 Å². The molecule has 3 rings (SSSR count). The fourth-order valence-electron chi connectivity index (χ4n) is 2.24. The highest BCUT2D eigenvalue weighted by Gasteiger charge is 2.28. The molecule has 2 aromatic rings. The Morgan fingerprint density at radius 1 is 1.12 bits per heavy atom. The average molecular weight is 360 g/mol. The molecule has 7 nitrogen and oxygen atoms in total. The summed E-state index contributed by atoms with van der Waals surface area (Å²) in [7, 11) is 0. The monoisotopic (exact) mass is 360 g/mol. The van der Waals surface area contributed by atoms with Gasteiger partial charge in [0.2, 0.25) is 6.10 Å². The summed E-state index contributed by atoms with van der Waals surface area (Å²) in [6, 6.07) is 12.7. The molecule has 0 aromatic heterocycles. The smallest absolute Gasteiger partial charge is 0.283 e. The van der Waals surface area contributed by atoms with E-state index in [-0.39, 0.29) is 12.4 Å². The molecule has 0 saturated carbocycles.